The van der Waals surface area contributed by atoms with Crippen LogP contribution >= 0.6 is 0 Å². The second kappa shape index (κ2) is 8.27. The molecular weight excluding hydrogens is 398 g/mol. The minimum atomic E-state index is -0.431. The first kappa shape index (κ1) is 20.1. The first-order chi connectivity index (χ1) is 15.0. The van der Waals surface area contributed by atoms with Gasteiger partial charge in [0.25, 0.3) is 11.8 Å². The molecule has 4 rings (SSSR count). The Bertz CT molecular complexity index is 1140. The molecule has 0 aromatic heterocycles. The fourth-order valence-corrected chi connectivity index (χ4v) is 3.41. The first-order valence-electron chi connectivity index (χ1n) is 9.47. The van der Waals surface area contributed by atoms with Gasteiger partial charge in [-0.15, -0.1) is 0 Å². The van der Waals surface area contributed by atoms with E-state index in [2.05, 4.69) is 16.0 Å². The quantitative estimate of drug-likeness (QED) is 0.496. The van der Waals surface area contributed by atoms with Crippen molar-refractivity contribution < 1.29 is 23.8 Å². The number of anilines is 4. The highest BCUT2D eigenvalue weighted by Crippen LogP contribution is 2.42. The highest BCUT2D eigenvalue weighted by atomic mass is 16.5. The van der Waals surface area contributed by atoms with Crippen LogP contribution < -0.4 is 30.2 Å². The van der Waals surface area contributed by atoms with Crippen LogP contribution in [0.4, 0.5) is 22.7 Å². The van der Waals surface area contributed by atoms with Crippen LogP contribution in [0.3, 0.4) is 0 Å². The minimum Gasteiger partial charge on any atom is -0.493 e. The second-order valence-electron chi connectivity index (χ2n) is 6.76. The topological polar surface area (TPSA) is 97.9 Å². The van der Waals surface area contributed by atoms with Crippen LogP contribution in [0.2, 0.25) is 0 Å². The van der Waals surface area contributed by atoms with Crippen molar-refractivity contribution in [2.45, 2.75) is 0 Å². The highest BCUT2D eigenvalue weighted by molar-refractivity contribution is 6.22. The predicted molar refractivity (Wildman–Crippen MR) is 117 cm³/mol. The predicted octanol–water partition coefficient (Wildman–Crippen LogP) is 4.08. The van der Waals surface area contributed by atoms with Crippen LogP contribution in [-0.4, -0.2) is 33.1 Å². The average molecular weight is 419 g/mol. The molecule has 0 atom stereocenters. The number of imide groups is 1. The number of methoxy groups -OCH3 is 3. The molecule has 3 aromatic carbocycles. The number of carbonyl (C=O) groups excluding carboxylic acids is 2. The van der Waals surface area contributed by atoms with Crippen LogP contribution in [-0.2, 0) is 0 Å². The molecule has 1 heterocycles. The Labute approximate surface area is 179 Å². The molecule has 158 valence electrons. The lowest BCUT2D eigenvalue weighted by molar-refractivity contribution is 0.0879. The van der Waals surface area contributed by atoms with Crippen LogP contribution in [0, 0.1) is 0 Å². The van der Waals surface area contributed by atoms with Gasteiger partial charge in [0, 0.05) is 23.5 Å². The molecule has 0 spiro atoms. The van der Waals surface area contributed by atoms with Gasteiger partial charge in [0.05, 0.1) is 43.8 Å². The molecule has 0 fully saturated rings. The summed E-state index contributed by atoms with van der Waals surface area (Å²) in [4.78, 5) is 24.4. The van der Waals surface area contributed by atoms with Gasteiger partial charge in [-0.05, 0) is 24.3 Å². The number of rotatable bonds is 7. The van der Waals surface area contributed by atoms with Crippen molar-refractivity contribution in [3.05, 3.63) is 65.7 Å². The van der Waals surface area contributed by atoms with Gasteiger partial charge >= 0.3 is 0 Å². The number of benzene rings is 3. The molecule has 1 aliphatic heterocycles. The fourth-order valence-electron chi connectivity index (χ4n) is 3.41. The molecule has 0 radical (unpaired) electrons. The van der Waals surface area contributed by atoms with E-state index < -0.39 is 11.8 Å². The summed E-state index contributed by atoms with van der Waals surface area (Å²) in [5.41, 5.74) is 3.33. The Morgan fingerprint density at radius 2 is 1.19 bits per heavy atom. The Hall–Kier alpha value is -4.20. The van der Waals surface area contributed by atoms with Gasteiger partial charge in [-0.25, -0.2) is 0 Å². The Morgan fingerprint density at radius 3 is 1.68 bits per heavy atom. The van der Waals surface area contributed by atoms with E-state index in [9.17, 15) is 9.59 Å². The van der Waals surface area contributed by atoms with Crippen LogP contribution in [0.5, 0.6) is 17.2 Å². The number of fused-ring (bicyclic) bond motifs is 1. The number of para-hydroxylation sites is 1. The monoisotopic (exact) mass is 419 g/mol. The standard InChI is InChI=1S/C23H21N3O5/c1-29-19-9-14(10-20(30-2)21(19)31-3)25-18-12-16-15(22(27)26-23(16)28)11-17(18)24-13-7-5-4-6-8-13/h4-12,24-25H,1-3H3,(H,26,27,28). The van der Waals surface area contributed by atoms with Gasteiger partial charge in [-0.3, -0.25) is 14.9 Å². The van der Waals surface area contributed by atoms with Crippen molar-refractivity contribution in [1.29, 1.82) is 0 Å². The average Bonchev–Trinajstić information content (AvgIpc) is 3.06. The van der Waals surface area contributed by atoms with E-state index in [0.29, 0.717) is 45.4 Å². The van der Waals surface area contributed by atoms with E-state index in [-0.39, 0.29) is 0 Å². The molecule has 1 aliphatic rings. The third-order valence-corrected chi connectivity index (χ3v) is 4.87. The number of ether oxygens (including phenoxy) is 3. The van der Waals surface area contributed by atoms with Crippen molar-refractivity contribution >= 4 is 34.6 Å². The van der Waals surface area contributed by atoms with Gasteiger partial charge in [-0.2, -0.15) is 0 Å². The SMILES string of the molecule is COc1cc(Nc2cc3c(cc2Nc2ccccc2)C(=O)NC3=O)cc(OC)c1OC. The molecule has 0 saturated heterocycles. The van der Waals surface area contributed by atoms with Crippen molar-refractivity contribution in [1.82, 2.24) is 5.32 Å². The number of hydrogen-bond donors (Lipinski definition) is 3. The van der Waals surface area contributed by atoms with Crippen LogP contribution in [0.25, 0.3) is 0 Å². The molecule has 8 heteroatoms. The third-order valence-electron chi connectivity index (χ3n) is 4.87. The smallest absolute Gasteiger partial charge is 0.259 e. The summed E-state index contributed by atoms with van der Waals surface area (Å²) >= 11 is 0. The maximum absolute atomic E-state index is 12.2. The van der Waals surface area contributed by atoms with Gasteiger partial charge in [0.1, 0.15) is 0 Å². The van der Waals surface area contributed by atoms with Crippen molar-refractivity contribution in [3.63, 3.8) is 0 Å². The maximum atomic E-state index is 12.2. The molecule has 0 aliphatic carbocycles. The van der Waals surface area contributed by atoms with E-state index in [1.54, 1.807) is 24.3 Å². The van der Waals surface area contributed by atoms with E-state index in [4.69, 9.17) is 14.2 Å². The zero-order chi connectivity index (χ0) is 22.0. The summed E-state index contributed by atoms with van der Waals surface area (Å²) in [5, 5.41) is 8.91. The molecule has 31 heavy (non-hydrogen) atoms. The largest absolute Gasteiger partial charge is 0.493 e. The van der Waals surface area contributed by atoms with Gasteiger partial charge in [0.15, 0.2) is 11.5 Å². The Kier molecular flexibility index (Phi) is 5.36. The van der Waals surface area contributed by atoms with Crippen LogP contribution in [0.1, 0.15) is 20.7 Å². The summed E-state index contributed by atoms with van der Waals surface area (Å²) in [6.45, 7) is 0. The lowest BCUT2D eigenvalue weighted by Crippen LogP contribution is -2.19. The summed E-state index contributed by atoms with van der Waals surface area (Å²) in [5.74, 6) is 0.582. The summed E-state index contributed by atoms with van der Waals surface area (Å²) < 4.78 is 16.2. The number of nitrogens with one attached hydrogen (secondary N) is 3. The van der Waals surface area contributed by atoms with E-state index in [1.165, 1.54) is 21.3 Å². The summed E-state index contributed by atoms with van der Waals surface area (Å²) in [6, 6.07) is 16.3. The molecule has 2 amide bonds. The van der Waals surface area contributed by atoms with Crippen molar-refractivity contribution in [2.75, 3.05) is 32.0 Å². The summed E-state index contributed by atoms with van der Waals surface area (Å²) in [6.07, 6.45) is 0. The summed E-state index contributed by atoms with van der Waals surface area (Å²) in [7, 11) is 4.61. The Morgan fingerprint density at radius 1 is 0.677 bits per heavy atom. The number of amides is 2. The van der Waals surface area contributed by atoms with Crippen LogP contribution in [0.15, 0.2) is 54.6 Å². The molecule has 8 nitrogen and oxygen atoms in total. The van der Waals surface area contributed by atoms with E-state index in [0.717, 1.165) is 5.69 Å². The fraction of sp³-hybridized carbons (Fsp3) is 0.130. The van der Waals surface area contributed by atoms with Gasteiger partial charge in [0.2, 0.25) is 5.75 Å². The zero-order valence-electron chi connectivity index (χ0n) is 17.2. The molecule has 3 N–H and O–H groups in total. The lowest BCUT2D eigenvalue weighted by atomic mass is 10.1. The third kappa shape index (κ3) is 3.83. The molecular formula is C23H21N3O5. The lowest BCUT2D eigenvalue weighted by Gasteiger charge is -2.18. The molecule has 3 aromatic rings. The Balaban J connectivity index is 1.79. The number of carbonyl (C=O) groups is 2. The molecule has 0 saturated carbocycles. The van der Waals surface area contributed by atoms with Crippen molar-refractivity contribution in [3.8, 4) is 17.2 Å². The van der Waals surface area contributed by atoms with Gasteiger partial charge in [-0.1, -0.05) is 18.2 Å². The van der Waals surface area contributed by atoms with Crippen molar-refractivity contribution in [2.24, 2.45) is 0 Å². The molecule has 0 unspecified atom stereocenters. The van der Waals surface area contributed by atoms with E-state index >= 15 is 0 Å². The molecule has 0 bridgehead atoms. The van der Waals surface area contributed by atoms with E-state index in [1.807, 2.05) is 30.3 Å². The number of hydrogen-bond acceptors (Lipinski definition) is 7. The minimum absolute atomic E-state index is 0.304. The first-order valence-corrected chi connectivity index (χ1v) is 9.47. The normalized spacial score (nSPS) is 12.1. The highest BCUT2D eigenvalue weighted by Gasteiger charge is 2.28. The second-order valence-corrected chi connectivity index (χ2v) is 6.76. The maximum Gasteiger partial charge on any atom is 0.259 e. The van der Waals surface area contributed by atoms with Gasteiger partial charge < -0.3 is 24.8 Å². The zero-order valence-corrected chi connectivity index (χ0v) is 17.2.